The number of benzene rings is 1. The minimum absolute atomic E-state index is 0.0174. The fourth-order valence-corrected chi connectivity index (χ4v) is 4.35. The molecule has 27 heavy (non-hydrogen) atoms. The Morgan fingerprint density at radius 2 is 2.00 bits per heavy atom. The second-order valence-corrected chi connectivity index (χ2v) is 7.59. The molecule has 7 nitrogen and oxygen atoms in total. The first kappa shape index (κ1) is 17.9. The fourth-order valence-electron chi connectivity index (χ4n) is 4.35. The maximum atomic E-state index is 12.8. The maximum absolute atomic E-state index is 12.8. The Hall–Kier alpha value is -2.44. The molecule has 4 rings (SSSR count). The number of amides is 3. The Labute approximate surface area is 159 Å². The van der Waals surface area contributed by atoms with Crippen LogP contribution in [0.4, 0.5) is 4.79 Å². The van der Waals surface area contributed by atoms with Crippen LogP contribution in [-0.2, 0) is 11.3 Å². The molecule has 7 heteroatoms. The van der Waals surface area contributed by atoms with E-state index in [1.807, 2.05) is 34.9 Å². The Bertz CT molecular complexity index is 723. The second kappa shape index (κ2) is 7.66. The van der Waals surface area contributed by atoms with Crippen LogP contribution in [0, 0.1) is 11.8 Å². The fraction of sp³-hybridized carbons (Fsp3) is 0.600. The molecule has 1 aromatic rings. The van der Waals surface area contributed by atoms with E-state index < -0.39 is 0 Å². The highest BCUT2D eigenvalue weighted by Crippen LogP contribution is 2.35. The highest BCUT2D eigenvalue weighted by molar-refractivity contribution is 5.77. The lowest BCUT2D eigenvalue weighted by atomic mass is 9.82. The van der Waals surface area contributed by atoms with Gasteiger partial charge in [0.2, 0.25) is 12.7 Å². The van der Waals surface area contributed by atoms with Gasteiger partial charge < -0.3 is 24.6 Å². The van der Waals surface area contributed by atoms with Crippen molar-refractivity contribution in [2.75, 3.05) is 33.0 Å². The van der Waals surface area contributed by atoms with E-state index in [0.717, 1.165) is 49.5 Å². The Morgan fingerprint density at radius 3 is 2.85 bits per heavy atom. The zero-order valence-electron chi connectivity index (χ0n) is 15.8. The first-order chi connectivity index (χ1) is 13.1. The lowest BCUT2D eigenvalue weighted by Crippen LogP contribution is -2.48. The minimum Gasteiger partial charge on any atom is -0.454 e. The van der Waals surface area contributed by atoms with Gasteiger partial charge >= 0.3 is 6.03 Å². The molecule has 3 amide bonds. The third-order valence-electron chi connectivity index (χ3n) is 5.88. The summed E-state index contributed by atoms with van der Waals surface area (Å²) >= 11 is 0. The lowest BCUT2D eigenvalue weighted by Gasteiger charge is -2.37. The van der Waals surface area contributed by atoms with Crippen LogP contribution < -0.4 is 14.8 Å². The predicted octanol–water partition coefficient (Wildman–Crippen LogP) is 2.21. The number of piperidine rings is 1. The number of likely N-dealkylation sites (tertiary alicyclic amines) is 2. The zero-order chi connectivity index (χ0) is 18.8. The van der Waals surface area contributed by atoms with Crippen molar-refractivity contribution >= 4 is 11.9 Å². The molecule has 2 atom stereocenters. The standard InChI is InChI=1S/C20H27N3O4/c1-2-21-20(25)23-8-5-15-10-19(24)22(7-6-16(15)12-23)11-14-3-4-17-18(9-14)27-13-26-17/h3-4,9,15-16H,2,5-8,10-13H2,1H3,(H,21,25)/t15-,16+/m1/s1. The smallest absolute Gasteiger partial charge is 0.317 e. The summed E-state index contributed by atoms with van der Waals surface area (Å²) in [6, 6.07) is 5.88. The topological polar surface area (TPSA) is 71.1 Å². The average Bonchev–Trinajstić information content (AvgIpc) is 3.07. The number of nitrogens with zero attached hydrogens (tertiary/aromatic N) is 2. The molecule has 0 aromatic heterocycles. The number of carbonyl (C=O) groups excluding carboxylic acids is 2. The summed E-state index contributed by atoms with van der Waals surface area (Å²) in [6.07, 6.45) is 2.43. The molecule has 0 aliphatic carbocycles. The predicted molar refractivity (Wildman–Crippen MR) is 99.5 cm³/mol. The van der Waals surface area contributed by atoms with Crippen LogP contribution in [0.15, 0.2) is 18.2 Å². The summed E-state index contributed by atoms with van der Waals surface area (Å²) in [5.41, 5.74) is 1.06. The Balaban J connectivity index is 1.40. The number of ether oxygens (including phenoxy) is 2. The van der Waals surface area contributed by atoms with E-state index in [-0.39, 0.29) is 18.7 Å². The summed E-state index contributed by atoms with van der Waals surface area (Å²) in [4.78, 5) is 28.8. The van der Waals surface area contributed by atoms with Crippen LogP contribution >= 0.6 is 0 Å². The molecule has 3 aliphatic rings. The Morgan fingerprint density at radius 1 is 1.19 bits per heavy atom. The lowest BCUT2D eigenvalue weighted by molar-refractivity contribution is -0.132. The van der Waals surface area contributed by atoms with Gasteiger partial charge in [-0.2, -0.15) is 0 Å². The number of hydrogen-bond acceptors (Lipinski definition) is 4. The molecule has 0 saturated carbocycles. The number of hydrogen-bond donors (Lipinski definition) is 1. The van der Waals surface area contributed by atoms with Crippen LogP contribution in [0.25, 0.3) is 0 Å². The van der Waals surface area contributed by atoms with E-state index in [1.54, 1.807) is 0 Å². The van der Waals surface area contributed by atoms with E-state index in [4.69, 9.17) is 9.47 Å². The molecule has 1 N–H and O–H groups in total. The number of carbonyl (C=O) groups is 2. The van der Waals surface area contributed by atoms with Crippen molar-refractivity contribution in [1.29, 1.82) is 0 Å². The molecular formula is C20H27N3O4. The SMILES string of the molecule is CCNC(=O)N1CC[C@@H]2CC(=O)N(Cc3ccc4c(c3)OCO4)CC[C@H]2C1. The van der Waals surface area contributed by atoms with Crippen LogP contribution in [0.2, 0.25) is 0 Å². The summed E-state index contributed by atoms with van der Waals surface area (Å²) in [7, 11) is 0. The molecule has 0 unspecified atom stereocenters. The molecule has 2 saturated heterocycles. The van der Waals surface area contributed by atoms with Gasteiger partial charge in [0.05, 0.1) is 0 Å². The van der Waals surface area contributed by atoms with Crippen LogP contribution in [-0.4, -0.2) is 54.7 Å². The molecule has 146 valence electrons. The molecule has 0 radical (unpaired) electrons. The third kappa shape index (κ3) is 3.82. The van der Waals surface area contributed by atoms with Gasteiger partial charge in [0.15, 0.2) is 11.5 Å². The van der Waals surface area contributed by atoms with Crippen LogP contribution in [0.1, 0.15) is 31.7 Å². The molecule has 2 fully saturated rings. The van der Waals surface area contributed by atoms with Gasteiger partial charge in [-0.25, -0.2) is 4.79 Å². The first-order valence-electron chi connectivity index (χ1n) is 9.83. The van der Waals surface area contributed by atoms with E-state index in [9.17, 15) is 9.59 Å². The van der Waals surface area contributed by atoms with Crippen molar-refractivity contribution in [3.63, 3.8) is 0 Å². The second-order valence-electron chi connectivity index (χ2n) is 7.59. The van der Waals surface area contributed by atoms with E-state index in [1.165, 1.54) is 0 Å². The summed E-state index contributed by atoms with van der Waals surface area (Å²) in [5.74, 6) is 2.50. The molecule has 0 bridgehead atoms. The van der Waals surface area contributed by atoms with Gasteiger partial charge in [-0.1, -0.05) is 6.07 Å². The third-order valence-corrected chi connectivity index (χ3v) is 5.88. The zero-order valence-corrected chi connectivity index (χ0v) is 15.8. The van der Waals surface area contributed by atoms with Crippen molar-refractivity contribution in [1.82, 2.24) is 15.1 Å². The molecule has 0 spiro atoms. The quantitative estimate of drug-likeness (QED) is 0.882. The van der Waals surface area contributed by atoms with Gasteiger partial charge in [-0.05, 0) is 49.3 Å². The van der Waals surface area contributed by atoms with Crippen LogP contribution in [0.3, 0.4) is 0 Å². The first-order valence-corrected chi connectivity index (χ1v) is 9.83. The molecule has 3 aliphatic heterocycles. The van der Waals surface area contributed by atoms with E-state index >= 15 is 0 Å². The summed E-state index contributed by atoms with van der Waals surface area (Å²) in [5, 5.41) is 2.88. The maximum Gasteiger partial charge on any atom is 0.317 e. The van der Waals surface area contributed by atoms with Crippen molar-refractivity contribution in [3.05, 3.63) is 23.8 Å². The largest absolute Gasteiger partial charge is 0.454 e. The molecule has 1 aromatic carbocycles. The average molecular weight is 373 g/mol. The van der Waals surface area contributed by atoms with Crippen molar-refractivity contribution in [2.24, 2.45) is 11.8 Å². The highest BCUT2D eigenvalue weighted by atomic mass is 16.7. The molecular weight excluding hydrogens is 346 g/mol. The minimum atomic E-state index is 0.0174. The summed E-state index contributed by atoms with van der Waals surface area (Å²) < 4.78 is 10.8. The van der Waals surface area contributed by atoms with Gasteiger partial charge in [-0.15, -0.1) is 0 Å². The highest BCUT2D eigenvalue weighted by Gasteiger charge is 2.36. The monoisotopic (exact) mass is 373 g/mol. The van der Waals surface area contributed by atoms with Gasteiger partial charge in [0, 0.05) is 39.1 Å². The molecule has 3 heterocycles. The van der Waals surface area contributed by atoms with Gasteiger partial charge in [0.25, 0.3) is 0 Å². The van der Waals surface area contributed by atoms with Gasteiger partial charge in [-0.3, -0.25) is 4.79 Å². The number of rotatable bonds is 3. The van der Waals surface area contributed by atoms with E-state index in [0.29, 0.717) is 31.3 Å². The van der Waals surface area contributed by atoms with Crippen LogP contribution in [0.5, 0.6) is 11.5 Å². The summed E-state index contributed by atoms with van der Waals surface area (Å²) in [6.45, 7) is 5.65. The normalized spacial score (nSPS) is 24.4. The number of urea groups is 1. The van der Waals surface area contributed by atoms with Crippen molar-refractivity contribution < 1.29 is 19.1 Å². The number of nitrogens with one attached hydrogen (secondary N) is 1. The number of fused-ring (bicyclic) bond motifs is 2. The van der Waals surface area contributed by atoms with E-state index in [2.05, 4.69) is 5.32 Å². The van der Waals surface area contributed by atoms with Gasteiger partial charge in [0.1, 0.15) is 0 Å². The van der Waals surface area contributed by atoms with Crippen molar-refractivity contribution in [3.8, 4) is 11.5 Å². The van der Waals surface area contributed by atoms with Crippen molar-refractivity contribution in [2.45, 2.75) is 32.7 Å². The Kier molecular flexibility index (Phi) is 5.09.